The number of nitro benzene ring substituents is 1. The van der Waals surface area contributed by atoms with Crippen LogP contribution in [0.1, 0.15) is 32.1 Å². The quantitative estimate of drug-likeness (QED) is 0.692. The first-order chi connectivity index (χ1) is 10.6. The van der Waals surface area contributed by atoms with Gasteiger partial charge in [-0.05, 0) is 31.0 Å². The number of nitrogens with zero attached hydrogens (tertiary/aromatic N) is 2. The van der Waals surface area contributed by atoms with Crippen LogP contribution in [0.4, 0.5) is 5.69 Å². The molecule has 1 heterocycles. The predicted octanol–water partition coefficient (Wildman–Crippen LogP) is 3.22. The van der Waals surface area contributed by atoms with Gasteiger partial charge in [0, 0.05) is 12.3 Å². The average molecular weight is 302 g/mol. The second kappa shape index (κ2) is 5.88. The van der Waals surface area contributed by atoms with Crippen molar-refractivity contribution in [3.8, 4) is 5.75 Å². The fourth-order valence-electron chi connectivity index (χ4n) is 2.97. The molecule has 0 radical (unpaired) electrons. The van der Waals surface area contributed by atoms with E-state index in [2.05, 4.69) is 4.98 Å². The van der Waals surface area contributed by atoms with Gasteiger partial charge in [0.1, 0.15) is 17.9 Å². The lowest BCUT2D eigenvalue weighted by atomic mass is 9.85. The van der Waals surface area contributed by atoms with Crippen molar-refractivity contribution in [2.24, 2.45) is 0 Å². The summed E-state index contributed by atoms with van der Waals surface area (Å²) in [6.45, 7) is 0.191. The molecule has 0 saturated heterocycles. The first kappa shape index (κ1) is 14.7. The van der Waals surface area contributed by atoms with Gasteiger partial charge in [-0.2, -0.15) is 0 Å². The SMILES string of the molecule is O=[N+]([O-])c1ccc(OCC2(O)CCCCC2)c2ncccc12. The highest BCUT2D eigenvalue weighted by Gasteiger charge is 2.30. The highest BCUT2D eigenvalue weighted by Crippen LogP contribution is 2.33. The first-order valence-corrected chi connectivity index (χ1v) is 7.46. The Bertz CT molecular complexity index is 696. The molecule has 1 aromatic heterocycles. The first-order valence-electron chi connectivity index (χ1n) is 7.46. The highest BCUT2D eigenvalue weighted by atomic mass is 16.6. The van der Waals surface area contributed by atoms with Crippen LogP contribution in [0.3, 0.4) is 0 Å². The van der Waals surface area contributed by atoms with Gasteiger partial charge in [0.25, 0.3) is 5.69 Å². The van der Waals surface area contributed by atoms with E-state index in [4.69, 9.17) is 4.74 Å². The molecule has 1 aliphatic rings. The third-order valence-electron chi connectivity index (χ3n) is 4.19. The number of aliphatic hydroxyl groups is 1. The van der Waals surface area contributed by atoms with Crippen molar-refractivity contribution in [2.45, 2.75) is 37.7 Å². The summed E-state index contributed by atoms with van der Waals surface area (Å²) in [6.07, 6.45) is 6.17. The summed E-state index contributed by atoms with van der Waals surface area (Å²) in [5, 5.41) is 22.0. The van der Waals surface area contributed by atoms with Crippen molar-refractivity contribution in [1.29, 1.82) is 0 Å². The van der Waals surface area contributed by atoms with Gasteiger partial charge in [0.05, 0.1) is 15.9 Å². The number of hydrogen-bond donors (Lipinski definition) is 1. The minimum absolute atomic E-state index is 0.00632. The maximum absolute atomic E-state index is 11.1. The Hall–Kier alpha value is -2.21. The maximum Gasteiger partial charge on any atom is 0.279 e. The number of pyridine rings is 1. The van der Waals surface area contributed by atoms with Gasteiger partial charge in [-0.15, -0.1) is 0 Å². The van der Waals surface area contributed by atoms with Crippen molar-refractivity contribution in [1.82, 2.24) is 4.98 Å². The van der Waals surface area contributed by atoms with E-state index < -0.39 is 10.5 Å². The summed E-state index contributed by atoms with van der Waals surface area (Å²) < 4.78 is 5.76. The van der Waals surface area contributed by atoms with Gasteiger partial charge in [-0.1, -0.05) is 19.3 Å². The Morgan fingerprint density at radius 1 is 1.27 bits per heavy atom. The number of rotatable bonds is 4. The van der Waals surface area contributed by atoms with E-state index in [1.165, 1.54) is 6.07 Å². The van der Waals surface area contributed by atoms with E-state index in [0.29, 0.717) is 16.7 Å². The maximum atomic E-state index is 11.1. The van der Waals surface area contributed by atoms with E-state index in [1.54, 1.807) is 24.4 Å². The van der Waals surface area contributed by atoms with Crippen molar-refractivity contribution >= 4 is 16.6 Å². The van der Waals surface area contributed by atoms with Crippen LogP contribution >= 0.6 is 0 Å². The molecule has 1 aliphatic carbocycles. The summed E-state index contributed by atoms with van der Waals surface area (Å²) in [6, 6.07) is 6.29. The van der Waals surface area contributed by atoms with E-state index in [9.17, 15) is 15.2 Å². The molecule has 116 valence electrons. The molecule has 0 bridgehead atoms. The molecule has 6 nitrogen and oxygen atoms in total. The van der Waals surface area contributed by atoms with Crippen LogP contribution in [-0.2, 0) is 0 Å². The lowest BCUT2D eigenvalue weighted by Crippen LogP contribution is -2.37. The molecule has 6 heteroatoms. The summed E-state index contributed by atoms with van der Waals surface area (Å²) in [7, 11) is 0. The Balaban J connectivity index is 1.88. The Morgan fingerprint density at radius 3 is 2.77 bits per heavy atom. The zero-order valence-corrected chi connectivity index (χ0v) is 12.2. The molecule has 0 spiro atoms. The lowest BCUT2D eigenvalue weighted by molar-refractivity contribution is -0.383. The summed E-state index contributed by atoms with van der Waals surface area (Å²) in [5.41, 5.74) is -0.343. The van der Waals surface area contributed by atoms with Crippen LogP contribution in [0.15, 0.2) is 30.5 Å². The summed E-state index contributed by atoms with van der Waals surface area (Å²) in [4.78, 5) is 14.9. The molecule has 0 amide bonds. The topological polar surface area (TPSA) is 85.5 Å². The predicted molar refractivity (Wildman–Crippen MR) is 81.9 cm³/mol. The van der Waals surface area contributed by atoms with Crippen LogP contribution in [0.25, 0.3) is 10.9 Å². The molecule has 1 N–H and O–H groups in total. The Kier molecular flexibility index (Phi) is 3.94. The molecule has 1 aromatic carbocycles. The minimum Gasteiger partial charge on any atom is -0.488 e. The largest absolute Gasteiger partial charge is 0.488 e. The number of aromatic nitrogens is 1. The zero-order chi connectivity index (χ0) is 15.6. The summed E-state index contributed by atoms with van der Waals surface area (Å²) in [5.74, 6) is 0.472. The molecule has 3 rings (SSSR count). The number of hydrogen-bond acceptors (Lipinski definition) is 5. The van der Waals surface area contributed by atoms with Crippen LogP contribution in [0.2, 0.25) is 0 Å². The van der Waals surface area contributed by atoms with Crippen molar-refractivity contribution in [3.05, 3.63) is 40.6 Å². The number of benzene rings is 1. The zero-order valence-electron chi connectivity index (χ0n) is 12.2. The van der Waals surface area contributed by atoms with Gasteiger partial charge in [0.15, 0.2) is 0 Å². The third-order valence-corrected chi connectivity index (χ3v) is 4.19. The van der Waals surface area contributed by atoms with Crippen molar-refractivity contribution in [3.63, 3.8) is 0 Å². The number of fused-ring (bicyclic) bond motifs is 1. The molecule has 1 fully saturated rings. The van der Waals surface area contributed by atoms with Crippen LogP contribution in [0.5, 0.6) is 5.75 Å². The summed E-state index contributed by atoms with van der Waals surface area (Å²) >= 11 is 0. The standard InChI is InChI=1S/C16H18N2O4/c19-16(8-2-1-3-9-16)11-22-14-7-6-13(18(20)21)12-5-4-10-17-15(12)14/h4-7,10,19H,1-3,8-9,11H2. The van der Waals surface area contributed by atoms with Gasteiger partial charge in [-0.3, -0.25) is 15.1 Å². The fraction of sp³-hybridized carbons (Fsp3) is 0.438. The molecule has 1 saturated carbocycles. The number of nitro groups is 1. The molecule has 0 aliphatic heterocycles. The van der Waals surface area contributed by atoms with E-state index in [-0.39, 0.29) is 12.3 Å². The molecule has 0 unspecified atom stereocenters. The van der Waals surface area contributed by atoms with E-state index in [0.717, 1.165) is 32.1 Å². The highest BCUT2D eigenvalue weighted by molar-refractivity contribution is 5.92. The average Bonchev–Trinajstić information content (AvgIpc) is 2.53. The molecular weight excluding hydrogens is 284 g/mol. The second-order valence-electron chi connectivity index (χ2n) is 5.81. The van der Waals surface area contributed by atoms with Gasteiger partial charge in [-0.25, -0.2) is 0 Å². The van der Waals surface area contributed by atoms with Gasteiger partial charge < -0.3 is 9.84 Å². The lowest BCUT2D eigenvalue weighted by Gasteiger charge is -2.31. The van der Waals surface area contributed by atoms with Gasteiger partial charge in [0.2, 0.25) is 0 Å². The number of non-ortho nitro benzene ring substituents is 1. The van der Waals surface area contributed by atoms with Crippen molar-refractivity contribution in [2.75, 3.05) is 6.61 Å². The Labute approximate surface area is 127 Å². The minimum atomic E-state index is -0.804. The molecule has 22 heavy (non-hydrogen) atoms. The molecule has 0 atom stereocenters. The van der Waals surface area contributed by atoms with Crippen LogP contribution in [0, 0.1) is 10.1 Å². The fourth-order valence-corrected chi connectivity index (χ4v) is 2.97. The second-order valence-corrected chi connectivity index (χ2v) is 5.81. The van der Waals surface area contributed by atoms with Gasteiger partial charge >= 0.3 is 0 Å². The third kappa shape index (κ3) is 2.87. The van der Waals surface area contributed by atoms with E-state index >= 15 is 0 Å². The number of ether oxygens (including phenoxy) is 1. The molecule has 2 aromatic rings. The van der Waals surface area contributed by atoms with E-state index in [1.807, 2.05) is 0 Å². The van der Waals surface area contributed by atoms with Crippen LogP contribution in [-0.4, -0.2) is 27.2 Å². The van der Waals surface area contributed by atoms with Crippen molar-refractivity contribution < 1.29 is 14.8 Å². The monoisotopic (exact) mass is 302 g/mol. The molecular formula is C16H18N2O4. The Morgan fingerprint density at radius 2 is 2.05 bits per heavy atom. The smallest absolute Gasteiger partial charge is 0.279 e. The normalized spacial score (nSPS) is 17.3. The van der Waals surface area contributed by atoms with Crippen LogP contribution < -0.4 is 4.74 Å².